The molecule has 4 atom stereocenters. The van der Waals surface area contributed by atoms with Crippen molar-refractivity contribution in [3.8, 4) is 0 Å². The zero-order valence-corrected chi connectivity index (χ0v) is 15.5. The van der Waals surface area contributed by atoms with Gasteiger partial charge in [0.2, 0.25) is 5.90 Å². The Morgan fingerprint density at radius 2 is 1.85 bits per heavy atom. The zero-order valence-electron chi connectivity index (χ0n) is 14.7. The summed E-state index contributed by atoms with van der Waals surface area (Å²) in [6, 6.07) is 6.14. The van der Waals surface area contributed by atoms with Gasteiger partial charge in [0.05, 0.1) is 5.97 Å². The first-order valence-electron chi connectivity index (χ1n) is 9.38. The fourth-order valence-electron chi connectivity index (χ4n) is 5.91. The van der Waals surface area contributed by atoms with E-state index < -0.39 is 11.9 Å². The lowest BCUT2D eigenvalue weighted by atomic mass is 9.49. The summed E-state index contributed by atoms with van der Waals surface area (Å²) >= 11 is 6.88. The second kappa shape index (κ2) is 5.68. The van der Waals surface area contributed by atoms with Crippen molar-refractivity contribution in [3.63, 3.8) is 0 Å². The highest BCUT2D eigenvalue weighted by atomic mass is 35.5. The third-order valence-electron chi connectivity index (χ3n) is 6.51. The normalized spacial score (nSPS) is 38.2. The van der Waals surface area contributed by atoms with Crippen LogP contribution < -0.4 is 5.11 Å². The molecule has 6 rings (SSSR count). The number of aromatic carboxylic acids is 1. The lowest BCUT2D eigenvalue weighted by molar-refractivity contribution is -0.255. The standard InChI is InChI=1S/C21H20ClNO4/c22-21-9-13-5-14(10-21)8-20(7-13,11-21)19-23-16(18(26)27-19)6-12-1-3-15(4-2-12)17(24)25/h1-4,6,13-14H,5,7-11H2,(H,24,25)/p-1/b16-6-/t13-,14+,20?,21?. The fourth-order valence-corrected chi connectivity index (χ4v) is 6.60. The molecule has 1 aromatic rings. The number of hydrogen-bond acceptors (Lipinski definition) is 5. The van der Waals surface area contributed by atoms with Crippen molar-refractivity contribution in [1.29, 1.82) is 0 Å². The summed E-state index contributed by atoms with van der Waals surface area (Å²) in [6.07, 6.45) is 7.79. The lowest BCUT2D eigenvalue weighted by Crippen LogP contribution is -2.56. The van der Waals surface area contributed by atoms with Crippen LogP contribution in [0.5, 0.6) is 0 Å². The number of hydrogen-bond donors (Lipinski definition) is 0. The van der Waals surface area contributed by atoms with Crippen LogP contribution in [-0.2, 0) is 9.53 Å². The first-order chi connectivity index (χ1) is 12.8. The predicted octanol–water partition coefficient (Wildman–Crippen LogP) is 2.92. The van der Waals surface area contributed by atoms with E-state index in [0.29, 0.717) is 23.3 Å². The van der Waals surface area contributed by atoms with Crippen LogP contribution in [0.25, 0.3) is 6.08 Å². The molecule has 4 bridgehead atoms. The summed E-state index contributed by atoms with van der Waals surface area (Å²) in [6.45, 7) is 0. The largest absolute Gasteiger partial charge is 0.545 e. The SMILES string of the molecule is O=C1OC(C23C[C@@H]4C[C@@H](CC(Cl)(C4)C2)C3)=N/C1=C\c1ccc(C(=O)[O-])cc1. The molecule has 0 N–H and O–H groups in total. The Hall–Kier alpha value is -2.14. The van der Waals surface area contributed by atoms with Gasteiger partial charge in [-0.2, -0.15) is 0 Å². The van der Waals surface area contributed by atoms with E-state index in [0.717, 1.165) is 32.1 Å². The quantitative estimate of drug-likeness (QED) is 0.456. The number of cyclic esters (lactones) is 1. The molecule has 1 heterocycles. The molecule has 4 fully saturated rings. The van der Waals surface area contributed by atoms with Crippen LogP contribution in [0.15, 0.2) is 35.0 Å². The molecule has 0 spiro atoms. The molecule has 1 aromatic carbocycles. The first kappa shape index (κ1) is 17.0. The minimum absolute atomic E-state index is 0.0938. The van der Waals surface area contributed by atoms with Gasteiger partial charge in [0.25, 0.3) is 0 Å². The Kier molecular flexibility index (Phi) is 3.57. The van der Waals surface area contributed by atoms with E-state index in [1.54, 1.807) is 18.2 Å². The second-order valence-electron chi connectivity index (χ2n) is 8.64. The number of carboxylic acid groups (broad SMARTS) is 1. The molecule has 27 heavy (non-hydrogen) atoms. The molecule has 1 aliphatic heterocycles. The van der Waals surface area contributed by atoms with E-state index in [4.69, 9.17) is 16.3 Å². The van der Waals surface area contributed by atoms with Gasteiger partial charge in [0.15, 0.2) is 5.70 Å². The first-order valence-corrected chi connectivity index (χ1v) is 9.75. The molecule has 4 saturated carbocycles. The highest BCUT2D eigenvalue weighted by Gasteiger charge is 2.60. The Morgan fingerprint density at radius 3 is 2.44 bits per heavy atom. The van der Waals surface area contributed by atoms with Gasteiger partial charge in [0.1, 0.15) is 0 Å². The molecule has 6 heteroatoms. The number of rotatable bonds is 3. The number of esters is 1. The maximum Gasteiger partial charge on any atom is 0.363 e. The van der Waals surface area contributed by atoms with Crippen LogP contribution in [0.3, 0.4) is 0 Å². The molecule has 0 amide bonds. The predicted molar refractivity (Wildman–Crippen MR) is 98.0 cm³/mol. The zero-order chi connectivity index (χ0) is 18.8. The number of ether oxygens (including phenoxy) is 1. The second-order valence-corrected chi connectivity index (χ2v) is 9.44. The maximum atomic E-state index is 12.4. The third-order valence-corrected chi connectivity index (χ3v) is 6.96. The highest BCUT2D eigenvalue weighted by Crippen LogP contribution is 2.64. The molecule has 5 aliphatic rings. The number of benzene rings is 1. The lowest BCUT2D eigenvalue weighted by Gasteiger charge is -2.59. The smallest absolute Gasteiger partial charge is 0.363 e. The van der Waals surface area contributed by atoms with Crippen LogP contribution in [0.4, 0.5) is 0 Å². The van der Waals surface area contributed by atoms with Crippen molar-refractivity contribution < 1.29 is 19.4 Å². The molecule has 4 aliphatic carbocycles. The van der Waals surface area contributed by atoms with Crippen LogP contribution >= 0.6 is 11.6 Å². The van der Waals surface area contributed by atoms with Gasteiger partial charge in [-0.25, -0.2) is 9.79 Å². The molecule has 0 aromatic heterocycles. The van der Waals surface area contributed by atoms with E-state index in [1.807, 2.05) is 0 Å². The number of carbonyl (C=O) groups is 2. The van der Waals surface area contributed by atoms with Gasteiger partial charge in [-0.1, -0.05) is 24.3 Å². The van der Waals surface area contributed by atoms with Gasteiger partial charge in [0, 0.05) is 10.3 Å². The van der Waals surface area contributed by atoms with Crippen molar-refractivity contribution in [3.05, 3.63) is 41.1 Å². The number of alkyl halides is 1. The minimum Gasteiger partial charge on any atom is -0.545 e. The summed E-state index contributed by atoms with van der Waals surface area (Å²) in [4.78, 5) is 27.6. The average molecular weight is 385 g/mol. The van der Waals surface area contributed by atoms with E-state index in [1.165, 1.54) is 18.6 Å². The maximum absolute atomic E-state index is 12.4. The number of nitrogens with zero attached hydrogens (tertiary/aromatic N) is 1. The summed E-state index contributed by atoms with van der Waals surface area (Å²) in [5.74, 6) is 0.0369. The summed E-state index contributed by atoms with van der Waals surface area (Å²) < 4.78 is 5.62. The number of aliphatic imine (C=N–C) groups is 1. The molecule has 0 radical (unpaired) electrons. The number of halogens is 1. The Balaban J connectivity index is 1.45. The van der Waals surface area contributed by atoms with Gasteiger partial charge >= 0.3 is 5.97 Å². The molecule has 2 unspecified atom stereocenters. The van der Waals surface area contributed by atoms with E-state index in [2.05, 4.69) is 4.99 Å². The van der Waals surface area contributed by atoms with Crippen molar-refractivity contribution in [1.82, 2.24) is 0 Å². The van der Waals surface area contributed by atoms with E-state index in [9.17, 15) is 14.7 Å². The fraction of sp³-hybridized carbons (Fsp3) is 0.476. The Labute approximate surface area is 162 Å². The monoisotopic (exact) mass is 384 g/mol. The topological polar surface area (TPSA) is 78.8 Å². The summed E-state index contributed by atoms with van der Waals surface area (Å²) in [7, 11) is 0. The van der Waals surface area contributed by atoms with Crippen molar-refractivity contribution in [2.75, 3.05) is 0 Å². The molecule has 140 valence electrons. The summed E-state index contributed by atoms with van der Waals surface area (Å²) in [5.41, 5.74) is 0.828. The Bertz CT molecular complexity index is 887. The van der Waals surface area contributed by atoms with Crippen LogP contribution in [0.2, 0.25) is 0 Å². The van der Waals surface area contributed by atoms with Gasteiger partial charge in [-0.3, -0.25) is 0 Å². The van der Waals surface area contributed by atoms with Crippen molar-refractivity contribution >= 4 is 35.5 Å². The van der Waals surface area contributed by atoms with Crippen molar-refractivity contribution in [2.45, 2.75) is 43.4 Å². The van der Waals surface area contributed by atoms with Gasteiger partial charge in [-0.15, -0.1) is 11.6 Å². The van der Waals surface area contributed by atoms with Crippen LogP contribution in [0, 0.1) is 17.3 Å². The van der Waals surface area contributed by atoms with Gasteiger partial charge in [-0.05, 0) is 67.6 Å². The van der Waals surface area contributed by atoms with Crippen molar-refractivity contribution in [2.24, 2.45) is 22.2 Å². The third kappa shape index (κ3) is 2.80. The summed E-state index contributed by atoms with van der Waals surface area (Å²) in [5, 5.41) is 10.9. The van der Waals surface area contributed by atoms with Crippen LogP contribution in [0.1, 0.15) is 54.4 Å². The number of carboxylic acids is 1. The molecule has 0 saturated heterocycles. The minimum atomic E-state index is -1.23. The average Bonchev–Trinajstić information content (AvgIpc) is 2.95. The molecule has 5 nitrogen and oxygen atoms in total. The Morgan fingerprint density at radius 1 is 1.19 bits per heavy atom. The molecular formula is C21H19ClNO4-. The number of carbonyl (C=O) groups excluding carboxylic acids is 2. The molecular weight excluding hydrogens is 366 g/mol. The van der Waals surface area contributed by atoms with Gasteiger partial charge < -0.3 is 14.6 Å². The van der Waals surface area contributed by atoms with E-state index in [-0.39, 0.29) is 21.5 Å². The van der Waals surface area contributed by atoms with E-state index >= 15 is 0 Å². The van der Waals surface area contributed by atoms with Crippen LogP contribution in [-0.4, -0.2) is 22.7 Å². The highest BCUT2D eigenvalue weighted by molar-refractivity contribution is 6.24.